The van der Waals surface area contributed by atoms with Crippen molar-refractivity contribution in [3.63, 3.8) is 0 Å². The lowest BCUT2D eigenvalue weighted by molar-refractivity contribution is -0.121. The molecule has 0 saturated heterocycles. The van der Waals surface area contributed by atoms with E-state index in [9.17, 15) is 23.2 Å². The second-order valence-electron chi connectivity index (χ2n) is 5.88. The number of anilines is 1. The van der Waals surface area contributed by atoms with E-state index in [-0.39, 0.29) is 23.4 Å². The normalized spacial score (nSPS) is 14.4. The number of imide groups is 1. The van der Waals surface area contributed by atoms with Crippen LogP contribution in [0.2, 0.25) is 0 Å². The zero-order valence-corrected chi connectivity index (χ0v) is 14.2. The maximum absolute atomic E-state index is 13.5. The lowest BCUT2D eigenvalue weighted by Gasteiger charge is -2.28. The lowest BCUT2D eigenvalue weighted by Crippen LogP contribution is -2.49. The van der Waals surface area contributed by atoms with E-state index in [1.54, 1.807) is 19.1 Å². The Kier molecular flexibility index (Phi) is 4.54. The van der Waals surface area contributed by atoms with Crippen LogP contribution in [0, 0.1) is 11.6 Å². The monoisotopic (exact) mass is 358 g/mol. The van der Waals surface area contributed by atoms with Crippen molar-refractivity contribution in [3.05, 3.63) is 65.2 Å². The van der Waals surface area contributed by atoms with Crippen LogP contribution in [0.3, 0.4) is 0 Å². The molecule has 3 rings (SSSR count). The number of carbonyl (C=O) groups excluding carboxylic acids is 3. The van der Waals surface area contributed by atoms with Crippen LogP contribution in [-0.2, 0) is 4.79 Å². The number of rotatable bonds is 4. The number of carbonyl (C=O) groups is 3. The summed E-state index contributed by atoms with van der Waals surface area (Å²) in [5.41, 5.74) is 0.640. The van der Waals surface area contributed by atoms with E-state index in [2.05, 4.69) is 0 Å². The van der Waals surface area contributed by atoms with Crippen molar-refractivity contribution in [3.8, 4) is 0 Å². The molecule has 7 heteroatoms. The van der Waals surface area contributed by atoms with Crippen LogP contribution in [0.5, 0.6) is 0 Å². The third-order valence-corrected chi connectivity index (χ3v) is 4.37. The van der Waals surface area contributed by atoms with Gasteiger partial charge in [-0.05, 0) is 38.1 Å². The van der Waals surface area contributed by atoms with Gasteiger partial charge in [0, 0.05) is 18.3 Å². The van der Waals surface area contributed by atoms with Crippen molar-refractivity contribution in [1.82, 2.24) is 4.90 Å². The Hall–Kier alpha value is -3.09. The number of hydrogen-bond acceptors (Lipinski definition) is 3. The molecule has 1 heterocycles. The molecule has 5 nitrogen and oxygen atoms in total. The van der Waals surface area contributed by atoms with Gasteiger partial charge in [0.15, 0.2) is 11.6 Å². The summed E-state index contributed by atoms with van der Waals surface area (Å²) in [6, 6.07) is 8.35. The molecule has 0 fully saturated rings. The van der Waals surface area contributed by atoms with Crippen LogP contribution < -0.4 is 4.90 Å². The minimum atomic E-state index is -1.09. The van der Waals surface area contributed by atoms with Gasteiger partial charge in [-0.1, -0.05) is 12.1 Å². The van der Waals surface area contributed by atoms with Gasteiger partial charge in [-0.15, -0.1) is 0 Å². The Morgan fingerprint density at radius 2 is 1.62 bits per heavy atom. The van der Waals surface area contributed by atoms with Gasteiger partial charge in [0.2, 0.25) is 5.91 Å². The highest BCUT2D eigenvalue weighted by Gasteiger charge is 2.41. The molecular formula is C19H16F2N2O3. The molecule has 1 aliphatic rings. The van der Waals surface area contributed by atoms with Gasteiger partial charge in [-0.2, -0.15) is 0 Å². The van der Waals surface area contributed by atoms with E-state index in [1.165, 1.54) is 30.0 Å². The number of fused-ring (bicyclic) bond motifs is 1. The molecule has 0 N–H and O–H groups in total. The molecule has 0 aromatic heterocycles. The number of likely N-dealkylation sites (N-methyl/N-ethyl adjacent to an activating group) is 1. The highest BCUT2D eigenvalue weighted by molar-refractivity contribution is 6.23. The van der Waals surface area contributed by atoms with Gasteiger partial charge < -0.3 is 4.90 Å². The molecule has 0 bridgehead atoms. The predicted molar refractivity (Wildman–Crippen MR) is 90.8 cm³/mol. The average molecular weight is 358 g/mol. The first-order valence-corrected chi connectivity index (χ1v) is 8.10. The number of nitrogens with zero attached hydrogens (tertiary/aromatic N) is 2. The molecular weight excluding hydrogens is 342 g/mol. The average Bonchev–Trinajstić information content (AvgIpc) is 2.89. The fourth-order valence-corrected chi connectivity index (χ4v) is 3.01. The fraction of sp³-hybridized carbons (Fsp3) is 0.211. The molecule has 26 heavy (non-hydrogen) atoms. The van der Waals surface area contributed by atoms with E-state index in [1.807, 2.05) is 0 Å². The summed E-state index contributed by atoms with van der Waals surface area (Å²) in [5, 5.41) is 0. The zero-order chi connectivity index (χ0) is 19.0. The van der Waals surface area contributed by atoms with Crippen LogP contribution in [0.4, 0.5) is 14.5 Å². The second kappa shape index (κ2) is 6.67. The largest absolute Gasteiger partial charge is 0.311 e. The molecule has 1 aliphatic heterocycles. The molecule has 0 aliphatic carbocycles. The fourth-order valence-electron chi connectivity index (χ4n) is 3.01. The van der Waals surface area contributed by atoms with Gasteiger partial charge in [-0.3, -0.25) is 19.3 Å². The van der Waals surface area contributed by atoms with Crippen LogP contribution >= 0.6 is 0 Å². The molecule has 134 valence electrons. The molecule has 2 aromatic carbocycles. The Balaban J connectivity index is 1.90. The Bertz CT molecular complexity index is 878. The quantitative estimate of drug-likeness (QED) is 0.790. The summed E-state index contributed by atoms with van der Waals surface area (Å²) >= 11 is 0. The van der Waals surface area contributed by atoms with Gasteiger partial charge in [0.05, 0.1) is 11.1 Å². The van der Waals surface area contributed by atoms with E-state index < -0.39 is 35.4 Å². The summed E-state index contributed by atoms with van der Waals surface area (Å²) < 4.78 is 26.7. The summed E-state index contributed by atoms with van der Waals surface area (Å²) in [6.45, 7) is 3.26. The summed E-state index contributed by atoms with van der Waals surface area (Å²) in [5.74, 6) is -3.76. The topological polar surface area (TPSA) is 57.7 Å². The molecule has 2 aromatic rings. The third-order valence-electron chi connectivity index (χ3n) is 4.37. The molecule has 0 radical (unpaired) electrons. The maximum atomic E-state index is 13.5. The second-order valence-corrected chi connectivity index (χ2v) is 5.88. The van der Waals surface area contributed by atoms with E-state index >= 15 is 0 Å². The van der Waals surface area contributed by atoms with Gasteiger partial charge >= 0.3 is 0 Å². The third kappa shape index (κ3) is 2.75. The first kappa shape index (κ1) is 17.7. The van der Waals surface area contributed by atoms with E-state index in [4.69, 9.17) is 0 Å². The molecule has 3 amide bonds. The first-order chi connectivity index (χ1) is 12.4. The molecule has 0 saturated carbocycles. The van der Waals surface area contributed by atoms with Gasteiger partial charge in [-0.25, -0.2) is 8.78 Å². The van der Waals surface area contributed by atoms with Crippen LogP contribution in [0.25, 0.3) is 0 Å². The minimum Gasteiger partial charge on any atom is -0.311 e. The molecule has 1 unspecified atom stereocenters. The van der Waals surface area contributed by atoms with Crippen molar-refractivity contribution < 1.29 is 23.2 Å². The van der Waals surface area contributed by atoms with Crippen molar-refractivity contribution >= 4 is 23.4 Å². The van der Waals surface area contributed by atoms with E-state index in [0.29, 0.717) is 0 Å². The van der Waals surface area contributed by atoms with Crippen LogP contribution in [0.1, 0.15) is 34.6 Å². The van der Waals surface area contributed by atoms with Crippen molar-refractivity contribution in [2.45, 2.75) is 19.9 Å². The highest BCUT2D eigenvalue weighted by atomic mass is 19.2. The van der Waals surface area contributed by atoms with Crippen molar-refractivity contribution in [2.75, 3.05) is 11.4 Å². The predicted octanol–water partition coefficient (Wildman–Crippen LogP) is 3.00. The Morgan fingerprint density at radius 1 is 1.04 bits per heavy atom. The number of benzene rings is 2. The van der Waals surface area contributed by atoms with Gasteiger partial charge in [0.25, 0.3) is 11.8 Å². The maximum Gasteiger partial charge on any atom is 0.262 e. The first-order valence-electron chi connectivity index (χ1n) is 8.10. The van der Waals surface area contributed by atoms with Gasteiger partial charge in [0.1, 0.15) is 6.04 Å². The van der Waals surface area contributed by atoms with Crippen molar-refractivity contribution in [1.29, 1.82) is 0 Å². The standard InChI is InChI=1S/C19H16F2N2O3/c1-3-22(12-8-9-15(20)16(21)10-12)17(24)11(2)23-18(25)13-6-4-5-7-14(13)19(23)26/h4-11H,3H2,1-2H3. The van der Waals surface area contributed by atoms with Crippen LogP contribution in [0.15, 0.2) is 42.5 Å². The minimum absolute atomic E-state index is 0.153. The summed E-state index contributed by atoms with van der Waals surface area (Å²) in [6.07, 6.45) is 0. The van der Waals surface area contributed by atoms with Crippen molar-refractivity contribution in [2.24, 2.45) is 0 Å². The molecule has 1 atom stereocenters. The Morgan fingerprint density at radius 3 is 2.12 bits per heavy atom. The van der Waals surface area contributed by atoms with E-state index in [0.717, 1.165) is 17.0 Å². The smallest absolute Gasteiger partial charge is 0.262 e. The number of halogens is 2. The zero-order valence-electron chi connectivity index (χ0n) is 14.2. The highest BCUT2D eigenvalue weighted by Crippen LogP contribution is 2.26. The SMILES string of the molecule is CCN(C(=O)C(C)N1C(=O)c2ccccc2C1=O)c1ccc(F)c(F)c1. The summed E-state index contributed by atoms with van der Waals surface area (Å²) in [7, 11) is 0. The van der Waals surface area contributed by atoms with Crippen LogP contribution in [-0.4, -0.2) is 35.2 Å². The summed E-state index contributed by atoms with van der Waals surface area (Å²) in [4.78, 5) is 40.0. The Labute approximate surface area is 148 Å². The lowest BCUT2D eigenvalue weighted by atomic mass is 10.1. The molecule has 0 spiro atoms. The number of hydrogen-bond donors (Lipinski definition) is 0. The number of amides is 3.